The molecule has 0 N–H and O–H groups in total. The molecule has 21 heavy (non-hydrogen) atoms. The van der Waals surface area contributed by atoms with Crippen molar-refractivity contribution in [2.45, 2.75) is 20.0 Å². The molecule has 3 rings (SSSR count). The van der Waals surface area contributed by atoms with Crippen molar-refractivity contribution in [2.75, 3.05) is 0 Å². The highest BCUT2D eigenvalue weighted by molar-refractivity contribution is 5.81. The summed E-state index contributed by atoms with van der Waals surface area (Å²) in [5.74, 6) is 0.697. The summed E-state index contributed by atoms with van der Waals surface area (Å²) in [4.78, 5) is 11.5. The zero-order valence-corrected chi connectivity index (χ0v) is 11.8. The minimum absolute atomic E-state index is 0.320. The smallest absolute Gasteiger partial charge is 0.336 e. The minimum Gasteiger partial charge on any atom is -0.489 e. The molecule has 0 aliphatic rings. The van der Waals surface area contributed by atoms with Crippen LogP contribution < -0.4 is 10.4 Å². The van der Waals surface area contributed by atoms with Gasteiger partial charge in [-0.3, -0.25) is 0 Å². The van der Waals surface area contributed by atoms with Crippen LogP contribution in [0, 0.1) is 0 Å². The van der Waals surface area contributed by atoms with Gasteiger partial charge in [0.15, 0.2) is 0 Å². The average Bonchev–Trinajstić information content (AvgIpc) is 2.52. The van der Waals surface area contributed by atoms with Crippen molar-refractivity contribution < 1.29 is 9.15 Å². The fourth-order valence-electron chi connectivity index (χ4n) is 2.33. The molecule has 0 aliphatic heterocycles. The van der Waals surface area contributed by atoms with Crippen molar-refractivity contribution in [1.29, 1.82) is 0 Å². The van der Waals surface area contributed by atoms with E-state index in [1.807, 2.05) is 49.4 Å². The normalized spacial score (nSPS) is 10.7. The first kappa shape index (κ1) is 13.4. The quantitative estimate of drug-likeness (QED) is 0.680. The lowest BCUT2D eigenvalue weighted by molar-refractivity contribution is 0.306. The molecular formula is C18H16O3. The fraction of sp³-hybridized carbons (Fsp3) is 0.167. The SMILES string of the molecule is CCc1cc(=O)oc2cc(OCc3ccccc3)ccc12. The van der Waals surface area contributed by atoms with Crippen LogP contribution in [0.5, 0.6) is 5.75 Å². The summed E-state index contributed by atoms with van der Waals surface area (Å²) in [7, 11) is 0. The molecule has 0 atom stereocenters. The highest BCUT2D eigenvalue weighted by atomic mass is 16.5. The first-order valence-corrected chi connectivity index (χ1v) is 7.00. The van der Waals surface area contributed by atoms with Gasteiger partial charge in [-0.05, 0) is 29.7 Å². The van der Waals surface area contributed by atoms with Gasteiger partial charge >= 0.3 is 5.63 Å². The van der Waals surface area contributed by atoms with Gasteiger partial charge in [-0.25, -0.2) is 4.79 Å². The summed E-state index contributed by atoms with van der Waals surface area (Å²) in [6.07, 6.45) is 0.798. The van der Waals surface area contributed by atoms with E-state index in [2.05, 4.69) is 0 Å². The van der Waals surface area contributed by atoms with E-state index in [1.54, 1.807) is 12.1 Å². The minimum atomic E-state index is -0.320. The molecule has 1 heterocycles. The maximum absolute atomic E-state index is 11.5. The molecule has 3 heteroatoms. The van der Waals surface area contributed by atoms with Crippen LogP contribution in [0.1, 0.15) is 18.1 Å². The van der Waals surface area contributed by atoms with Crippen LogP contribution >= 0.6 is 0 Å². The van der Waals surface area contributed by atoms with Crippen LogP contribution in [-0.4, -0.2) is 0 Å². The van der Waals surface area contributed by atoms with Crippen LogP contribution in [0.3, 0.4) is 0 Å². The summed E-state index contributed by atoms with van der Waals surface area (Å²) < 4.78 is 11.0. The maximum Gasteiger partial charge on any atom is 0.336 e. The zero-order chi connectivity index (χ0) is 14.7. The fourth-order valence-corrected chi connectivity index (χ4v) is 2.33. The van der Waals surface area contributed by atoms with Crippen LogP contribution in [-0.2, 0) is 13.0 Å². The predicted molar refractivity (Wildman–Crippen MR) is 82.6 cm³/mol. The molecule has 0 fully saturated rings. The number of benzene rings is 2. The number of fused-ring (bicyclic) bond motifs is 1. The number of aryl methyl sites for hydroxylation is 1. The number of hydrogen-bond acceptors (Lipinski definition) is 3. The molecule has 0 spiro atoms. The Morgan fingerprint density at radius 1 is 1.05 bits per heavy atom. The third-order valence-electron chi connectivity index (χ3n) is 3.43. The van der Waals surface area contributed by atoms with E-state index in [9.17, 15) is 4.79 Å². The Bertz CT molecular complexity index is 804. The summed E-state index contributed by atoms with van der Waals surface area (Å²) in [6.45, 7) is 2.51. The number of rotatable bonds is 4. The highest BCUT2D eigenvalue weighted by Gasteiger charge is 2.06. The lowest BCUT2D eigenvalue weighted by Gasteiger charge is -2.08. The van der Waals surface area contributed by atoms with E-state index < -0.39 is 0 Å². The van der Waals surface area contributed by atoms with Crippen molar-refractivity contribution in [1.82, 2.24) is 0 Å². The van der Waals surface area contributed by atoms with Gasteiger partial charge in [-0.15, -0.1) is 0 Å². The summed E-state index contributed by atoms with van der Waals surface area (Å²) in [5.41, 5.74) is 2.35. The molecule has 0 saturated carbocycles. The Morgan fingerprint density at radius 2 is 1.86 bits per heavy atom. The van der Waals surface area contributed by atoms with Gasteiger partial charge in [0.1, 0.15) is 17.9 Å². The van der Waals surface area contributed by atoms with Gasteiger partial charge < -0.3 is 9.15 Å². The second kappa shape index (κ2) is 5.83. The highest BCUT2D eigenvalue weighted by Crippen LogP contribution is 2.23. The Labute approximate surface area is 122 Å². The van der Waals surface area contributed by atoms with E-state index >= 15 is 0 Å². The Kier molecular flexibility index (Phi) is 3.73. The molecular weight excluding hydrogens is 264 g/mol. The standard InChI is InChI=1S/C18H16O3/c1-2-14-10-18(19)21-17-11-15(8-9-16(14)17)20-12-13-6-4-3-5-7-13/h3-11H,2,12H2,1H3. The summed E-state index contributed by atoms with van der Waals surface area (Å²) >= 11 is 0. The molecule has 0 bridgehead atoms. The molecule has 3 aromatic rings. The molecule has 0 amide bonds. The zero-order valence-electron chi connectivity index (χ0n) is 11.8. The third kappa shape index (κ3) is 2.97. The van der Waals surface area contributed by atoms with E-state index in [0.29, 0.717) is 17.9 Å². The van der Waals surface area contributed by atoms with E-state index in [4.69, 9.17) is 9.15 Å². The lowest BCUT2D eigenvalue weighted by Crippen LogP contribution is -2.00. The van der Waals surface area contributed by atoms with Crippen molar-refractivity contribution in [3.8, 4) is 5.75 Å². The van der Waals surface area contributed by atoms with E-state index in [-0.39, 0.29) is 5.63 Å². The molecule has 0 unspecified atom stereocenters. The summed E-state index contributed by atoms with van der Waals surface area (Å²) in [6, 6.07) is 17.1. The van der Waals surface area contributed by atoms with Crippen molar-refractivity contribution in [3.05, 3.63) is 76.1 Å². The molecule has 0 aliphatic carbocycles. The van der Waals surface area contributed by atoms with E-state index in [1.165, 1.54) is 0 Å². The molecule has 2 aromatic carbocycles. The van der Waals surface area contributed by atoms with Crippen LogP contribution in [0.15, 0.2) is 63.8 Å². The predicted octanol–water partition coefficient (Wildman–Crippen LogP) is 3.93. The van der Waals surface area contributed by atoms with E-state index in [0.717, 1.165) is 22.9 Å². The Balaban J connectivity index is 1.89. The van der Waals surface area contributed by atoms with Gasteiger partial charge in [-0.1, -0.05) is 37.3 Å². The van der Waals surface area contributed by atoms with Gasteiger partial charge in [0.2, 0.25) is 0 Å². The van der Waals surface area contributed by atoms with Crippen molar-refractivity contribution in [3.63, 3.8) is 0 Å². The second-order valence-corrected chi connectivity index (χ2v) is 4.88. The van der Waals surface area contributed by atoms with Crippen LogP contribution in [0.2, 0.25) is 0 Å². The maximum atomic E-state index is 11.5. The lowest BCUT2D eigenvalue weighted by atomic mass is 10.1. The molecule has 0 saturated heterocycles. The Morgan fingerprint density at radius 3 is 2.62 bits per heavy atom. The van der Waals surface area contributed by atoms with Crippen molar-refractivity contribution in [2.24, 2.45) is 0 Å². The molecule has 3 nitrogen and oxygen atoms in total. The van der Waals surface area contributed by atoms with Crippen LogP contribution in [0.25, 0.3) is 11.0 Å². The molecule has 106 valence electrons. The first-order valence-electron chi connectivity index (χ1n) is 7.00. The largest absolute Gasteiger partial charge is 0.489 e. The van der Waals surface area contributed by atoms with Gasteiger partial charge in [0, 0.05) is 17.5 Å². The van der Waals surface area contributed by atoms with Crippen LogP contribution in [0.4, 0.5) is 0 Å². The third-order valence-corrected chi connectivity index (χ3v) is 3.43. The topological polar surface area (TPSA) is 39.4 Å². The molecule has 0 radical (unpaired) electrons. The summed E-state index contributed by atoms with van der Waals surface area (Å²) in [5, 5.41) is 0.962. The average molecular weight is 280 g/mol. The second-order valence-electron chi connectivity index (χ2n) is 4.88. The first-order chi connectivity index (χ1) is 10.3. The monoisotopic (exact) mass is 280 g/mol. The number of ether oxygens (including phenoxy) is 1. The van der Waals surface area contributed by atoms with Gasteiger partial charge in [-0.2, -0.15) is 0 Å². The van der Waals surface area contributed by atoms with Crippen molar-refractivity contribution >= 4 is 11.0 Å². The molecule has 1 aromatic heterocycles. The van der Waals surface area contributed by atoms with Gasteiger partial charge in [0.05, 0.1) is 0 Å². The van der Waals surface area contributed by atoms with Gasteiger partial charge in [0.25, 0.3) is 0 Å². The number of hydrogen-bond donors (Lipinski definition) is 0. The Hall–Kier alpha value is -2.55.